The Morgan fingerprint density at radius 1 is 1.06 bits per heavy atom. The third-order valence-electron chi connectivity index (χ3n) is 4.61. The van der Waals surface area contributed by atoms with Gasteiger partial charge in [0.2, 0.25) is 0 Å². The van der Waals surface area contributed by atoms with Crippen molar-refractivity contribution in [2.75, 3.05) is 19.8 Å². The van der Waals surface area contributed by atoms with Gasteiger partial charge in [0.15, 0.2) is 0 Å². The van der Waals surface area contributed by atoms with E-state index in [0.717, 1.165) is 38.8 Å². The van der Waals surface area contributed by atoms with Crippen LogP contribution in [0.4, 0.5) is 0 Å². The van der Waals surface area contributed by atoms with E-state index < -0.39 is 5.60 Å². The van der Waals surface area contributed by atoms with Crippen LogP contribution >= 0.6 is 0 Å². The topological polar surface area (TPSA) is 55.5 Å². The van der Waals surface area contributed by atoms with E-state index in [1.54, 1.807) is 0 Å². The van der Waals surface area contributed by atoms with Crippen molar-refractivity contribution in [3.63, 3.8) is 0 Å². The molecule has 0 radical (unpaired) electrons. The number of nitrogens with two attached hydrogens (primary N) is 1. The Morgan fingerprint density at radius 2 is 1.76 bits per heavy atom. The lowest BCUT2D eigenvalue weighted by Gasteiger charge is -2.32. The molecule has 0 aromatic rings. The summed E-state index contributed by atoms with van der Waals surface area (Å²) in [5.74, 6) is 1.28. The molecule has 17 heavy (non-hydrogen) atoms. The Bertz CT molecular complexity index is 226. The summed E-state index contributed by atoms with van der Waals surface area (Å²) in [5, 5.41) is 10.3. The van der Waals surface area contributed by atoms with Crippen LogP contribution in [0.2, 0.25) is 0 Å². The van der Waals surface area contributed by atoms with Crippen molar-refractivity contribution in [2.24, 2.45) is 17.6 Å². The summed E-state index contributed by atoms with van der Waals surface area (Å²) in [7, 11) is 0. The monoisotopic (exact) mass is 241 g/mol. The summed E-state index contributed by atoms with van der Waals surface area (Å²) in [5.41, 5.74) is 5.23. The molecule has 100 valence electrons. The molecule has 2 fully saturated rings. The second-order valence-corrected chi connectivity index (χ2v) is 5.99. The van der Waals surface area contributed by atoms with E-state index in [1.807, 2.05) is 0 Å². The van der Waals surface area contributed by atoms with Gasteiger partial charge < -0.3 is 15.6 Å². The Morgan fingerprint density at radius 3 is 2.47 bits per heavy atom. The molecule has 0 heterocycles. The summed E-state index contributed by atoms with van der Waals surface area (Å²) in [6, 6.07) is 0. The number of rotatable bonds is 5. The maximum atomic E-state index is 10.3. The van der Waals surface area contributed by atoms with E-state index in [0.29, 0.717) is 18.4 Å². The summed E-state index contributed by atoms with van der Waals surface area (Å²) >= 11 is 0. The molecule has 2 rings (SSSR count). The van der Waals surface area contributed by atoms with E-state index in [-0.39, 0.29) is 0 Å². The van der Waals surface area contributed by atoms with Crippen LogP contribution in [0.25, 0.3) is 0 Å². The van der Waals surface area contributed by atoms with Crippen LogP contribution < -0.4 is 5.73 Å². The summed E-state index contributed by atoms with van der Waals surface area (Å²) < 4.78 is 5.79. The van der Waals surface area contributed by atoms with Crippen molar-refractivity contribution in [1.29, 1.82) is 0 Å². The van der Waals surface area contributed by atoms with Crippen molar-refractivity contribution < 1.29 is 9.84 Å². The molecule has 0 aromatic carbocycles. The molecule has 2 aliphatic rings. The SMILES string of the molecule is NCC1CCCC1COCC1(O)CCCCC1. The summed E-state index contributed by atoms with van der Waals surface area (Å²) in [4.78, 5) is 0. The first-order valence-electron chi connectivity index (χ1n) is 7.24. The predicted octanol–water partition coefficient (Wildman–Crippen LogP) is 2.07. The van der Waals surface area contributed by atoms with Crippen LogP contribution in [0.15, 0.2) is 0 Å². The van der Waals surface area contributed by atoms with Gasteiger partial charge in [-0.3, -0.25) is 0 Å². The molecule has 3 nitrogen and oxygen atoms in total. The third-order valence-corrected chi connectivity index (χ3v) is 4.61. The number of hydrogen-bond acceptors (Lipinski definition) is 3. The van der Waals surface area contributed by atoms with Crippen molar-refractivity contribution >= 4 is 0 Å². The Hall–Kier alpha value is -0.120. The summed E-state index contributed by atoms with van der Waals surface area (Å²) in [6.45, 7) is 2.11. The molecule has 0 saturated heterocycles. The Kier molecular flexibility index (Phi) is 4.83. The second-order valence-electron chi connectivity index (χ2n) is 5.99. The average Bonchev–Trinajstić information content (AvgIpc) is 2.77. The molecular weight excluding hydrogens is 214 g/mol. The van der Waals surface area contributed by atoms with Crippen LogP contribution in [0.5, 0.6) is 0 Å². The molecule has 0 aliphatic heterocycles. The van der Waals surface area contributed by atoms with Gasteiger partial charge in [-0.15, -0.1) is 0 Å². The van der Waals surface area contributed by atoms with Crippen LogP contribution in [-0.4, -0.2) is 30.5 Å². The average molecular weight is 241 g/mol. The van der Waals surface area contributed by atoms with E-state index in [2.05, 4.69) is 0 Å². The minimum atomic E-state index is -0.533. The van der Waals surface area contributed by atoms with Crippen molar-refractivity contribution in [3.05, 3.63) is 0 Å². The number of aliphatic hydroxyl groups is 1. The first-order chi connectivity index (χ1) is 8.23. The highest BCUT2D eigenvalue weighted by Crippen LogP contribution is 2.32. The normalized spacial score (nSPS) is 32.8. The highest BCUT2D eigenvalue weighted by atomic mass is 16.5. The minimum absolute atomic E-state index is 0.529. The fourth-order valence-corrected chi connectivity index (χ4v) is 3.40. The fourth-order valence-electron chi connectivity index (χ4n) is 3.40. The van der Waals surface area contributed by atoms with Crippen LogP contribution in [0.3, 0.4) is 0 Å². The van der Waals surface area contributed by atoms with Crippen LogP contribution in [0.1, 0.15) is 51.4 Å². The first kappa shape index (κ1) is 13.3. The second kappa shape index (κ2) is 6.17. The van der Waals surface area contributed by atoms with Crippen molar-refractivity contribution in [1.82, 2.24) is 0 Å². The van der Waals surface area contributed by atoms with E-state index in [9.17, 15) is 5.11 Å². The van der Waals surface area contributed by atoms with E-state index in [4.69, 9.17) is 10.5 Å². The molecule has 2 atom stereocenters. The smallest absolute Gasteiger partial charge is 0.0880 e. The quantitative estimate of drug-likeness (QED) is 0.775. The van der Waals surface area contributed by atoms with Gasteiger partial charge in [0.25, 0.3) is 0 Å². The van der Waals surface area contributed by atoms with Gasteiger partial charge in [0.05, 0.1) is 12.2 Å². The van der Waals surface area contributed by atoms with E-state index >= 15 is 0 Å². The van der Waals surface area contributed by atoms with Gasteiger partial charge in [-0.1, -0.05) is 25.7 Å². The zero-order valence-electron chi connectivity index (χ0n) is 10.9. The van der Waals surface area contributed by atoms with Gasteiger partial charge >= 0.3 is 0 Å². The largest absolute Gasteiger partial charge is 0.387 e. The highest BCUT2D eigenvalue weighted by molar-refractivity contribution is 4.83. The fraction of sp³-hybridized carbons (Fsp3) is 1.00. The van der Waals surface area contributed by atoms with Gasteiger partial charge in [0.1, 0.15) is 0 Å². The molecule has 2 saturated carbocycles. The molecule has 3 N–H and O–H groups in total. The Labute approximate surface area is 105 Å². The minimum Gasteiger partial charge on any atom is -0.387 e. The number of hydrogen-bond donors (Lipinski definition) is 2. The Balaban J connectivity index is 1.68. The lowest BCUT2D eigenvalue weighted by Crippen LogP contribution is -2.37. The van der Waals surface area contributed by atoms with Gasteiger partial charge in [-0.2, -0.15) is 0 Å². The van der Waals surface area contributed by atoms with Crippen LogP contribution in [-0.2, 0) is 4.74 Å². The maximum Gasteiger partial charge on any atom is 0.0880 e. The molecule has 0 bridgehead atoms. The molecule has 0 amide bonds. The lowest BCUT2D eigenvalue weighted by atomic mass is 9.85. The molecule has 2 unspecified atom stereocenters. The van der Waals surface area contributed by atoms with Crippen LogP contribution in [0, 0.1) is 11.8 Å². The molecule has 2 aliphatic carbocycles. The predicted molar refractivity (Wildman–Crippen MR) is 68.7 cm³/mol. The molecule has 0 spiro atoms. The zero-order valence-corrected chi connectivity index (χ0v) is 10.9. The highest BCUT2D eigenvalue weighted by Gasteiger charge is 2.31. The molecule has 0 aromatic heterocycles. The molecular formula is C14H27NO2. The van der Waals surface area contributed by atoms with Crippen molar-refractivity contribution in [2.45, 2.75) is 57.0 Å². The van der Waals surface area contributed by atoms with E-state index in [1.165, 1.54) is 25.7 Å². The standard InChI is InChI=1S/C14H27NO2/c15-9-12-5-4-6-13(12)10-17-11-14(16)7-2-1-3-8-14/h12-13,16H,1-11,15H2. The van der Waals surface area contributed by atoms with Gasteiger partial charge in [-0.25, -0.2) is 0 Å². The zero-order chi connectivity index (χ0) is 12.1. The first-order valence-corrected chi connectivity index (χ1v) is 7.24. The third kappa shape index (κ3) is 3.67. The number of ether oxygens (including phenoxy) is 1. The van der Waals surface area contributed by atoms with Crippen molar-refractivity contribution in [3.8, 4) is 0 Å². The lowest BCUT2D eigenvalue weighted by molar-refractivity contribution is -0.0762. The van der Waals surface area contributed by atoms with Gasteiger partial charge in [0, 0.05) is 6.61 Å². The maximum absolute atomic E-state index is 10.3. The van der Waals surface area contributed by atoms with Gasteiger partial charge in [-0.05, 0) is 44.1 Å². The molecule has 3 heteroatoms. The summed E-state index contributed by atoms with van der Waals surface area (Å²) in [6.07, 6.45) is 9.19.